The third-order valence-electron chi connectivity index (χ3n) is 4.22. The summed E-state index contributed by atoms with van der Waals surface area (Å²) in [6.45, 7) is 0.714. The van der Waals surface area contributed by atoms with Crippen molar-refractivity contribution in [1.82, 2.24) is 0 Å². The van der Waals surface area contributed by atoms with Crippen molar-refractivity contribution < 1.29 is 99.4 Å². The normalized spacial score (nSPS) is 13.2. The average Bonchev–Trinajstić information content (AvgIpc) is 3.28. The molecule has 0 radical (unpaired) electrons. The van der Waals surface area contributed by atoms with Crippen LogP contribution in [0.1, 0.15) is 11.1 Å². The van der Waals surface area contributed by atoms with Gasteiger partial charge in [-0.25, -0.2) is 16.8 Å². The van der Waals surface area contributed by atoms with Crippen molar-refractivity contribution in [2.24, 2.45) is 0 Å². The summed E-state index contributed by atoms with van der Waals surface area (Å²) in [6, 6.07) is 30.4. The number of fused-ring (bicyclic) bond motifs is 1. The highest BCUT2D eigenvalue weighted by Gasteiger charge is 2.42. The number of hydrogen-bond acceptors (Lipinski definition) is 7. The standard InChI is InChI=1S/C21H16I2O.2CHF3O3S/c1-3-10-17(11-4-1)22-21(23-18-12-5-2-6-13-18)20-19-14-8-7-9-16(19)15-24-20;2*2-1(3,4)8(5,6)7/h1-14H,15H2;2*(H,5,6,7)/q+2;;/p-2. The molecule has 40 heavy (non-hydrogen) atoms. The summed E-state index contributed by atoms with van der Waals surface area (Å²) in [5.41, 5.74) is -8.67. The highest BCUT2D eigenvalue weighted by Crippen LogP contribution is 2.28. The number of ether oxygens (including phenoxy) is 1. The Hall–Kier alpha value is -1.94. The van der Waals surface area contributed by atoms with E-state index in [1.54, 1.807) is 1.59 Å². The fourth-order valence-electron chi connectivity index (χ4n) is 2.50. The Kier molecular flexibility index (Phi) is 12.2. The highest BCUT2D eigenvalue weighted by molar-refractivity contribution is 7.86. The first-order chi connectivity index (χ1) is 18.4. The van der Waals surface area contributed by atoms with Crippen LogP contribution >= 0.6 is 0 Å². The first-order valence-electron chi connectivity index (χ1n) is 10.3. The molecular formula is C23H16F6I2O7S2. The topological polar surface area (TPSA) is 124 Å². The molecule has 1 aliphatic heterocycles. The van der Waals surface area contributed by atoms with Gasteiger partial charge in [-0.1, -0.05) is 60.7 Å². The molecule has 1 heterocycles. The Morgan fingerprint density at radius 2 is 1.00 bits per heavy atom. The molecule has 17 heteroatoms. The van der Waals surface area contributed by atoms with Gasteiger partial charge in [-0.15, -0.1) is 0 Å². The average molecular weight is 836 g/mol. The van der Waals surface area contributed by atoms with Gasteiger partial charge in [-0.2, -0.15) is 26.3 Å². The maximum absolute atomic E-state index is 10.7. The summed E-state index contributed by atoms with van der Waals surface area (Å²) in [6.07, 6.45) is 0. The van der Waals surface area contributed by atoms with Crippen molar-refractivity contribution in [3.63, 3.8) is 0 Å². The number of halogens is 8. The molecule has 3 aromatic carbocycles. The summed E-state index contributed by atoms with van der Waals surface area (Å²) < 4.78 is 128. The lowest BCUT2D eigenvalue weighted by Crippen LogP contribution is -3.81. The predicted octanol–water partition coefficient (Wildman–Crippen LogP) is -1.14. The molecule has 7 nitrogen and oxygen atoms in total. The zero-order valence-electron chi connectivity index (χ0n) is 19.5. The van der Waals surface area contributed by atoms with Gasteiger partial charge in [0, 0.05) is 11.1 Å². The SMILES string of the molecule is O=S(=O)([O-])C(F)(F)F.O=S(=O)([O-])C(F)(F)F.c1ccc([I+]C([I+]c2ccccc2)=C2OCc3ccccc32)cc1. The summed E-state index contributed by atoms with van der Waals surface area (Å²) >= 11 is -0.401. The van der Waals surface area contributed by atoms with E-state index in [4.69, 9.17) is 30.7 Å². The van der Waals surface area contributed by atoms with Gasteiger partial charge in [0.25, 0.3) is 0 Å². The van der Waals surface area contributed by atoms with Gasteiger partial charge in [-0.3, -0.25) is 0 Å². The minimum absolute atomic E-state index is 0.201. The van der Waals surface area contributed by atoms with E-state index >= 15 is 0 Å². The van der Waals surface area contributed by atoms with Gasteiger partial charge in [0.1, 0.15) is 6.61 Å². The van der Waals surface area contributed by atoms with E-state index in [-0.39, 0.29) is 42.4 Å². The minimum atomic E-state index is -6.09. The van der Waals surface area contributed by atoms with E-state index < -0.39 is 31.3 Å². The quantitative estimate of drug-likeness (QED) is 0.141. The van der Waals surface area contributed by atoms with Gasteiger partial charge in [0.2, 0.25) is 5.76 Å². The molecule has 0 unspecified atom stereocenters. The Balaban J connectivity index is 0.000000290. The van der Waals surface area contributed by atoms with Crippen molar-refractivity contribution in [2.45, 2.75) is 17.6 Å². The smallest absolute Gasteiger partial charge is 0.485 e. The zero-order chi connectivity index (χ0) is 30.2. The van der Waals surface area contributed by atoms with Gasteiger partial charge in [0.05, 0.1) is 0 Å². The van der Waals surface area contributed by atoms with Crippen LogP contribution in [0.2, 0.25) is 0 Å². The minimum Gasteiger partial charge on any atom is -0.741 e. The van der Waals surface area contributed by atoms with Gasteiger partial charge >= 0.3 is 55.0 Å². The van der Waals surface area contributed by atoms with Gasteiger partial charge in [-0.05, 0) is 24.3 Å². The highest BCUT2D eigenvalue weighted by atomic mass is 127. The van der Waals surface area contributed by atoms with Crippen molar-refractivity contribution in [2.75, 3.05) is 0 Å². The van der Waals surface area contributed by atoms with Crippen LogP contribution in [-0.2, 0) is 31.6 Å². The van der Waals surface area contributed by atoms with Crippen LogP contribution in [0.5, 0.6) is 0 Å². The lowest BCUT2D eigenvalue weighted by atomic mass is 10.1. The third-order valence-corrected chi connectivity index (χ3v) is 12.7. The molecule has 4 rings (SSSR count). The maximum Gasteiger partial charge on any atom is 0.485 e. The second kappa shape index (κ2) is 14.3. The second-order valence-electron chi connectivity index (χ2n) is 7.12. The Bertz CT molecular complexity index is 1430. The predicted molar refractivity (Wildman–Crippen MR) is 120 cm³/mol. The number of rotatable bonds is 4. The first-order valence-corrected chi connectivity index (χ1v) is 17.4. The van der Waals surface area contributed by atoms with E-state index in [1.165, 1.54) is 24.0 Å². The first kappa shape index (κ1) is 34.3. The molecule has 0 N–H and O–H groups in total. The summed E-state index contributed by atoms with van der Waals surface area (Å²) in [5, 5.41) is 0. The number of alkyl halides is 6. The third kappa shape index (κ3) is 10.8. The molecule has 0 spiro atoms. The Morgan fingerprint density at radius 3 is 1.38 bits per heavy atom. The van der Waals surface area contributed by atoms with Crippen molar-refractivity contribution in [1.29, 1.82) is 0 Å². The summed E-state index contributed by atoms with van der Waals surface area (Å²) in [4.78, 5) is 0. The van der Waals surface area contributed by atoms with Gasteiger partial charge < -0.3 is 13.8 Å². The molecule has 0 atom stereocenters. The summed E-state index contributed by atoms with van der Waals surface area (Å²) in [5.74, 6) is 1.17. The van der Waals surface area contributed by atoms with E-state index in [0.29, 0.717) is 6.61 Å². The molecule has 218 valence electrons. The van der Waals surface area contributed by atoms with E-state index in [0.717, 1.165) is 0 Å². The summed E-state index contributed by atoms with van der Waals surface area (Å²) in [7, 11) is -12.2. The zero-order valence-corrected chi connectivity index (χ0v) is 25.4. The van der Waals surface area contributed by atoms with Crippen LogP contribution in [0, 0.1) is 7.14 Å². The maximum atomic E-state index is 10.7. The molecule has 0 bridgehead atoms. The van der Waals surface area contributed by atoms with Gasteiger partial charge in [0.15, 0.2) is 27.4 Å². The van der Waals surface area contributed by atoms with Crippen molar-refractivity contribution in [3.8, 4) is 0 Å². The fourth-order valence-corrected chi connectivity index (χ4v) is 10.5. The number of benzene rings is 3. The van der Waals surface area contributed by atoms with Crippen LogP contribution in [0.4, 0.5) is 26.3 Å². The van der Waals surface area contributed by atoms with Crippen LogP contribution in [0.15, 0.2) is 86.5 Å². The van der Waals surface area contributed by atoms with E-state index in [9.17, 15) is 26.3 Å². The van der Waals surface area contributed by atoms with E-state index in [2.05, 4.69) is 84.9 Å². The monoisotopic (exact) mass is 836 g/mol. The lowest BCUT2D eigenvalue weighted by molar-refractivity contribution is -0.763. The molecule has 0 fully saturated rings. The Labute approximate surface area is 246 Å². The molecule has 0 aromatic heterocycles. The van der Waals surface area contributed by atoms with Crippen LogP contribution < -0.4 is 42.4 Å². The molecule has 0 amide bonds. The molecule has 0 saturated carbocycles. The van der Waals surface area contributed by atoms with Crippen LogP contribution in [0.25, 0.3) is 5.76 Å². The Morgan fingerprint density at radius 1 is 0.650 bits per heavy atom. The van der Waals surface area contributed by atoms with Crippen molar-refractivity contribution in [3.05, 3.63) is 105 Å². The molecule has 3 aromatic rings. The molecule has 0 aliphatic carbocycles. The molecule has 1 aliphatic rings. The van der Waals surface area contributed by atoms with Crippen LogP contribution in [-0.4, -0.2) is 37.0 Å². The van der Waals surface area contributed by atoms with Crippen molar-refractivity contribution >= 4 is 26.0 Å². The molecular weight excluding hydrogens is 820 g/mol. The second-order valence-corrected chi connectivity index (χ2v) is 17.6. The largest absolute Gasteiger partial charge is 0.741 e. The number of hydrogen-bond donors (Lipinski definition) is 0. The van der Waals surface area contributed by atoms with Crippen LogP contribution in [0.3, 0.4) is 0 Å². The van der Waals surface area contributed by atoms with E-state index in [1.807, 2.05) is 0 Å². The molecule has 0 saturated heterocycles. The lowest BCUT2D eigenvalue weighted by Gasteiger charge is -2.08. The fraction of sp³-hybridized carbons (Fsp3) is 0.130.